The maximum absolute atomic E-state index is 11.8. The second kappa shape index (κ2) is 6.84. The third-order valence-corrected chi connectivity index (χ3v) is 3.71. The van der Waals surface area contributed by atoms with Gasteiger partial charge in [0.05, 0.1) is 6.61 Å². The monoisotopic (exact) mass is 330 g/mol. The number of ether oxygens (including phenoxy) is 2. The van der Waals surface area contributed by atoms with Crippen LogP contribution in [0.5, 0.6) is 5.75 Å². The molecule has 1 aromatic rings. The Morgan fingerprint density at radius 3 is 2.75 bits per heavy atom. The van der Waals surface area contributed by atoms with Crippen LogP contribution < -0.4 is 16.0 Å². The van der Waals surface area contributed by atoms with Crippen molar-refractivity contribution in [1.82, 2.24) is 9.97 Å². The lowest BCUT2D eigenvalue weighted by Gasteiger charge is -2.11. The van der Waals surface area contributed by atoms with Gasteiger partial charge in [-0.15, -0.1) is 0 Å². The minimum atomic E-state index is -0.725. The number of hydrogen-bond donors (Lipinski definition) is 1. The van der Waals surface area contributed by atoms with E-state index in [1.54, 1.807) is 19.2 Å². The largest absolute Gasteiger partial charge is 0.493 e. The van der Waals surface area contributed by atoms with E-state index in [9.17, 15) is 9.59 Å². The van der Waals surface area contributed by atoms with E-state index in [2.05, 4.69) is 9.97 Å². The highest BCUT2D eigenvalue weighted by Gasteiger charge is 2.15. The molecular weight excluding hydrogens is 312 g/mol. The first kappa shape index (κ1) is 16.2. The average molecular weight is 330 g/mol. The van der Waals surface area contributed by atoms with E-state index in [4.69, 9.17) is 13.9 Å². The zero-order chi connectivity index (χ0) is 17.1. The van der Waals surface area contributed by atoms with Gasteiger partial charge in [-0.1, -0.05) is 0 Å². The van der Waals surface area contributed by atoms with Crippen molar-refractivity contribution in [1.29, 1.82) is 0 Å². The number of H-pyrrole nitrogens is 1. The van der Waals surface area contributed by atoms with Gasteiger partial charge >= 0.3 is 5.69 Å². The van der Waals surface area contributed by atoms with Crippen LogP contribution in [0, 0.1) is 6.92 Å². The van der Waals surface area contributed by atoms with Crippen LogP contribution in [-0.4, -0.2) is 30.3 Å². The number of aromatic nitrogens is 2. The van der Waals surface area contributed by atoms with Crippen LogP contribution in [-0.2, 0) is 4.74 Å². The molecule has 0 amide bonds. The molecule has 24 heavy (non-hydrogen) atoms. The molecular formula is C17H18N2O5. The Morgan fingerprint density at radius 2 is 1.96 bits per heavy atom. The highest BCUT2D eigenvalue weighted by atomic mass is 16.5. The van der Waals surface area contributed by atoms with Crippen molar-refractivity contribution in [2.75, 3.05) is 20.3 Å². The van der Waals surface area contributed by atoms with Gasteiger partial charge in [0.25, 0.3) is 5.56 Å². The molecule has 2 aliphatic rings. The minimum Gasteiger partial charge on any atom is -0.493 e. The van der Waals surface area contributed by atoms with Gasteiger partial charge in [0.2, 0.25) is 5.89 Å². The first-order valence-electron chi connectivity index (χ1n) is 7.69. The lowest BCUT2D eigenvalue weighted by molar-refractivity contribution is 0.184. The lowest BCUT2D eigenvalue weighted by atomic mass is 10.1. The molecule has 7 nitrogen and oxygen atoms in total. The molecule has 0 spiro atoms. The summed E-state index contributed by atoms with van der Waals surface area (Å²) < 4.78 is 16.4. The molecule has 0 fully saturated rings. The van der Waals surface area contributed by atoms with Gasteiger partial charge in [0.15, 0.2) is 0 Å². The molecule has 0 aliphatic carbocycles. The zero-order valence-electron chi connectivity index (χ0n) is 13.5. The fraction of sp³-hybridized carbons (Fsp3) is 0.353. The van der Waals surface area contributed by atoms with E-state index < -0.39 is 11.2 Å². The van der Waals surface area contributed by atoms with E-state index in [0.29, 0.717) is 24.5 Å². The maximum Gasteiger partial charge on any atom is 0.351 e. The summed E-state index contributed by atoms with van der Waals surface area (Å²) in [7, 11) is 1.67. The Balaban J connectivity index is 1.95. The minimum absolute atomic E-state index is 0.0196. The van der Waals surface area contributed by atoms with Gasteiger partial charge in [0.1, 0.15) is 16.9 Å². The molecule has 0 unspecified atom stereocenters. The molecule has 2 heterocycles. The fourth-order valence-corrected chi connectivity index (χ4v) is 2.49. The van der Waals surface area contributed by atoms with Gasteiger partial charge < -0.3 is 13.9 Å². The van der Waals surface area contributed by atoms with Crippen LogP contribution in [0.3, 0.4) is 0 Å². The van der Waals surface area contributed by atoms with Crippen LogP contribution in [0.4, 0.5) is 0 Å². The van der Waals surface area contributed by atoms with Crippen molar-refractivity contribution in [2.24, 2.45) is 0 Å². The number of nitrogens with one attached hydrogen (secondary N) is 1. The van der Waals surface area contributed by atoms with E-state index >= 15 is 0 Å². The van der Waals surface area contributed by atoms with Crippen molar-refractivity contribution in [2.45, 2.75) is 19.8 Å². The third kappa shape index (κ3) is 3.30. The Labute approximate surface area is 137 Å². The molecule has 0 bridgehead atoms. The van der Waals surface area contributed by atoms with Crippen LogP contribution in [0.2, 0.25) is 0 Å². The van der Waals surface area contributed by atoms with Crippen LogP contribution >= 0.6 is 0 Å². The zero-order valence-corrected chi connectivity index (χ0v) is 13.5. The molecule has 0 atom stereocenters. The molecule has 1 aromatic carbocycles. The van der Waals surface area contributed by atoms with E-state index in [0.717, 1.165) is 23.8 Å². The fourth-order valence-electron chi connectivity index (χ4n) is 2.49. The SMILES string of the molecule is COCCCCOc1cc2oc3nc(=O)[nH]c(=O)c-3cc2cc1C. The van der Waals surface area contributed by atoms with Crippen LogP contribution in [0.15, 0.2) is 32.2 Å². The predicted octanol–water partition coefficient (Wildman–Crippen LogP) is 2.09. The number of aromatic amines is 1. The number of methoxy groups -OCH3 is 1. The third-order valence-electron chi connectivity index (χ3n) is 3.71. The molecule has 126 valence electrons. The molecule has 0 radical (unpaired) electrons. The number of fused-ring (bicyclic) bond motifs is 2. The first-order valence-corrected chi connectivity index (χ1v) is 7.69. The number of rotatable bonds is 6. The summed E-state index contributed by atoms with van der Waals surface area (Å²) >= 11 is 0. The van der Waals surface area contributed by atoms with Crippen molar-refractivity contribution >= 4 is 11.0 Å². The molecule has 7 heteroatoms. The second-order valence-corrected chi connectivity index (χ2v) is 5.54. The highest BCUT2D eigenvalue weighted by Crippen LogP contribution is 2.29. The van der Waals surface area contributed by atoms with Crippen LogP contribution in [0.1, 0.15) is 18.4 Å². The Hall–Kier alpha value is -2.67. The molecule has 3 rings (SSSR count). The summed E-state index contributed by atoms with van der Waals surface area (Å²) in [5.41, 5.74) is 0.463. The van der Waals surface area contributed by atoms with Crippen molar-refractivity contribution in [3.05, 3.63) is 44.6 Å². The summed E-state index contributed by atoms with van der Waals surface area (Å²) in [5, 5.41) is 0.748. The highest BCUT2D eigenvalue weighted by molar-refractivity contribution is 5.83. The molecule has 2 aliphatic heterocycles. The lowest BCUT2D eigenvalue weighted by Crippen LogP contribution is -2.24. The quantitative estimate of drug-likeness (QED) is 0.549. The average Bonchev–Trinajstić information content (AvgIpc) is 2.54. The summed E-state index contributed by atoms with van der Waals surface area (Å²) in [6, 6.07) is 5.30. The topological polar surface area (TPSA) is 94.4 Å². The van der Waals surface area contributed by atoms with E-state index in [1.165, 1.54) is 0 Å². The standard InChI is InChI=1S/C17H18N2O5/c1-10-7-11-8-12-15(20)18-17(21)19-16(12)24-14(11)9-13(10)23-6-4-3-5-22-2/h7-9H,3-6H2,1-2H3,(H,18,20,21). The second-order valence-electron chi connectivity index (χ2n) is 5.54. The van der Waals surface area contributed by atoms with Gasteiger partial charge in [-0.3, -0.25) is 9.78 Å². The summed E-state index contributed by atoms with van der Waals surface area (Å²) in [5.74, 6) is 0.723. The van der Waals surface area contributed by atoms with Crippen molar-refractivity contribution in [3.8, 4) is 17.2 Å². The first-order chi connectivity index (χ1) is 11.6. The summed E-state index contributed by atoms with van der Waals surface area (Å²) in [6.07, 6.45) is 1.81. The Bertz CT molecular complexity index is 944. The van der Waals surface area contributed by atoms with Gasteiger partial charge in [-0.25, -0.2) is 4.79 Å². The molecule has 0 aromatic heterocycles. The van der Waals surface area contributed by atoms with Crippen LogP contribution in [0.25, 0.3) is 22.4 Å². The van der Waals surface area contributed by atoms with E-state index in [1.807, 2.05) is 13.0 Å². The molecule has 0 saturated carbocycles. The summed E-state index contributed by atoms with van der Waals surface area (Å²) in [6.45, 7) is 3.21. The number of benzene rings is 1. The Kier molecular flexibility index (Phi) is 4.61. The number of hydrogen-bond acceptors (Lipinski definition) is 6. The predicted molar refractivity (Wildman–Crippen MR) is 88.9 cm³/mol. The normalized spacial score (nSPS) is 11.2. The maximum atomic E-state index is 11.8. The molecule has 0 saturated heterocycles. The van der Waals surface area contributed by atoms with Crippen molar-refractivity contribution < 1.29 is 13.9 Å². The van der Waals surface area contributed by atoms with Gasteiger partial charge in [0, 0.05) is 25.2 Å². The van der Waals surface area contributed by atoms with Gasteiger partial charge in [-0.2, -0.15) is 4.98 Å². The van der Waals surface area contributed by atoms with E-state index in [-0.39, 0.29) is 11.5 Å². The summed E-state index contributed by atoms with van der Waals surface area (Å²) in [4.78, 5) is 29.0. The number of nitrogens with zero attached hydrogens (tertiary/aromatic N) is 1. The number of aryl methyl sites for hydroxylation is 1. The molecule has 1 N–H and O–H groups in total. The van der Waals surface area contributed by atoms with Crippen molar-refractivity contribution in [3.63, 3.8) is 0 Å². The smallest absolute Gasteiger partial charge is 0.351 e. The number of unbranched alkanes of at least 4 members (excludes halogenated alkanes) is 1. The Morgan fingerprint density at radius 1 is 1.17 bits per heavy atom. The van der Waals surface area contributed by atoms with Gasteiger partial charge in [-0.05, 0) is 37.5 Å².